The average molecular weight is 332 g/mol. The van der Waals surface area contributed by atoms with E-state index in [-0.39, 0.29) is 5.82 Å². The Morgan fingerprint density at radius 3 is 2.60 bits per heavy atom. The van der Waals surface area contributed by atoms with Gasteiger partial charge in [0, 0.05) is 17.0 Å². The Balaban J connectivity index is 1.81. The summed E-state index contributed by atoms with van der Waals surface area (Å²) in [6.07, 6.45) is 1.94. The summed E-state index contributed by atoms with van der Waals surface area (Å²) >= 11 is 0. The van der Waals surface area contributed by atoms with Gasteiger partial charge in [-0.3, -0.25) is 0 Å². The number of nitrogens with zero attached hydrogens (tertiary/aromatic N) is 2. The van der Waals surface area contributed by atoms with Crippen LogP contribution >= 0.6 is 0 Å². The van der Waals surface area contributed by atoms with Crippen molar-refractivity contribution in [2.75, 3.05) is 0 Å². The minimum absolute atomic E-state index is 0.270. The predicted molar refractivity (Wildman–Crippen MR) is 96.6 cm³/mol. The molecule has 0 radical (unpaired) electrons. The number of rotatable bonds is 4. The lowest BCUT2D eigenvalue weighted by molar-refractivity contribution is 0.433. The normalized spacial score (nSPS) is 11.1. The lowest BCUT2D eigenvalue weighted by atomic mass is 10.0. The van der Waals surface area contributed by atoms with Crippen molar-refractivity contribution in [2.45, 2.75) is 19.8 Å². The first-order chi connectivity index (χ1) is 12.2. The zero-order chi connectivity index (χ0) is 17.2. The van der Waals surface area contributed by atoms with Gasteiger partial charge in [-0.1, -0.05) is 36.7 Å². The molecule has 4 aromatic rings. The molecule has 2 heterocycles. The molecule has 2 aromatic carbocycles. The molecule has 0 aliphatic heterocycles. The Morgan fingerprint density at radius 2 is 1.80 bits per heavy atom. The maximum Gasteiger partial charge on any atom is 0.186 e. The summed E-state index contributed by atoms with van der Waals surface area (Å²) in [5.74, 6) is 0.363. The number of fused-ring (bicyclic) bond motifs is 1. The number of pyridine rings is 1. The molecule has 0 spiro atoms. The minimum Gasteiger partial charge on any atom is -0.354 e. The second-order valence-corrected chi connectivity index (χ2v) is 6.02. The lowest BCUT2D eigenvalue weighted by Crippen LogP contribution is -1.93. The molecule has 0 fully saturated rings. The highest BCUT2D eigenvalue weighted by Gasteiger charge is 2.15. The highest BCUT2D eigenvalue weighted by molar-refractivity contribution is 5.83. The highest BCUT2D eigenvalue weighted by atomic mass is 19.1. The molecule has 124 valence electrons. The van der Waals surface area contributed by atoms with Gasteiger partial charge in [0.1, 0.15) is 17.2 Å². The Hall–Kier alpha value is -3.01. The van der Waals surface area contributed by atoms with Crippen LogP contribution in [0.3, 0.4) is 0 Å². The lowest BCUT2D eigenvalue weighted by Gasteiger charge is -2.07. The van der Waals surface area contributed by atoms with Crippen LogP contribution in [0.25, 0.3) is 33.6 Å². The average Bonchev–Trinajstić information content (AvgIpc) is 3.12. The fraction of sp³-hybridized carbons (Fsp3) is 0.143. The predicted octanol–water partition coefficient (Wildman–Crippen LogP) is 5.65. The zero-order valence-electron chi connectivity index (χ0n) is 13.9. The number of hydrogen-bond donors (Lipinski definition) is 0. The monoisotopic (exact) mass is 332 g/mol. The van der Waals surface area contributed by atoms with Crippen molar-refractivity contribution in [3.8, 4) is 22.7 Å². The number of aryl methyl sites for hydroxylation is 1. The van der Waals surface area contributed by atoms with Crippen LogP contribution < -0.4 is 0 Å². The smallest absolute Gasteiger partial charge is 0.186 e. The van der Waals surface area contributed by atoms with Gasteiger partial charge in [0.2, 0.25) is 0 Å². The minimum atomic E-state index is -0.270. The van der Waals surface area contributed by atoms with Crippen molar-refractivity contribution in [1.82, 2.24) is 10.1 Å². The van der Waals surface area contributed by atoms with E-state index in [0.717, 1.165) is 40.6 Å². The zero-order valence-corrected chi connectivity index (χ0v) is 13.9. The molecule has 0 saturated heterocycles. The number of para-hydroxylation sites is 1. The molecule has 0 aliphatic rings. The molecular formula is C21H17FN2O. The van der Waals surface area contributed by atoms with E-state index in [1.807, 2.05) is 24.3 Å². The molecule has 0 N–H and O–H groups in total. The standard InChI is InChI=1S/C21H17FN2O/c1-2-5-16-12-15-6-3-4-7-18(15)23-21(16)20-13-19(24-25-20)14-8-10-17(22)11-9-14/h3-4,6-13H,2,5H2,1H3. The topological polar surface area (TPSA) is 38.9 Å². The Labute approximate surface area is 145 Å². The van der Waals surface area contributed by atoms with Gasteiger partial charge in [-0.2, -0.15) is 0 Å². The van der Waals surface area contributed by atoms with E-state index in [4.69, 9.17) is 9.51 Å². The molecule has 2 aromatic heterocycles. The fourth-order valence-corrected chi connectivity index (χ4v) is 2.98. The Morgan fingerprint density at radius 1 is 1.00 bits per heavy atom. The van der Waals surface area contributed by atoms with Gasteiger partial charge < -0.3 is 4.52 Å². The van der Waals surface area contributed by atoms with Crippen LogP contribution in [-0.2, 0) is 6.42 Å². The molecule has 25 heavy (non-hydrogen) atoms. The molecule has 0 unspecified atom stereocenters. The third-order valence-corrected chi connectivity index (χ3v) is 4.21. The van der Waals surface area contributed by atoms with E-state index in [1.54, 1.807) is 12.1 Å². The molecule has 0 amide bonds. The molecule has 3 nitrogen and oxygen atoms in total. The van der Waals surface area contributed by atoms with Crippen molar-refractivity contribution in [2.24, 2.45) is 0 Å². The summed E-state index contributed by atoms with van der Waals surface area (Å²) in [5.41, 5.74) is 4.38. The molecule has 0 saturated carbocycles. The van der Waals surface area contributed by atoms with Gasteiger partial charge in [-0.05, 0) is 48.4 Å². The summed E-state index contributed by atoms with van der Waals surface area (Å²) in [7, 11) is 0. The summed E-state index contributed by atoms with van der Waals surface area (Å²) in [5, 5.41) is 5.25. The van der Waals surface area contributed by atoms with Crippen molar-refractivity contribution in [3.63, 3.8) is 0 Å². The van der Waals surface area contributed by atoms with E-state index in [0.29, 0.717) is 11.5 Å². The van der Waals surface area contributed by atoms with Crippen LogP contribution in [0.15, 0.2) is 65.2 Å². The summed E-state index contributed by atoms with van der Waals surface area (Å²) < 4.78 is 18.7. The molecule has 4 heteroatoms. The van der Waals surface area contributed by atoms with E-state index in [9.17, 15) is 4.39 Å². The largest absolute Gasteiger partial charge is 0.354 e. The molecular weight excluding hydrogens is 315 g/mol. The maximum atomic E-state index is 13.1. The van der Waals surface area contributed by atoms with Crippen LogP contribution in [0.4, 0.5) is 4.39 Å². The van der Waals surface area contributed by atoms with E-state index >= 15 is 0 Å². The van der Waals surface area contributed by atoms with Crippen LogP contribution in [-0.4, -0.2) is 10.1 Å². The van der Waals surface area contributed by atoms with Gasteiger partial charge in [0.25, 0.3) is 0 Å². The maximum absolute atomic E-state index is 13.1. The summed E-state index contributed by atoms with van der Waals surface area (Å²) in [4.78, 5) is 4.79. The van der Waals surface area contributed by atoms with Crippen LogP contribution in [0, 0.1) is 5.82 Å². The van der Waals surface area contributed by atoms with Crippen LogP contribution in [0.1, 0.15) is 18.9 Å². The first kappa shape index (κ1) is 15.5. The van der Waals surface area contributed by atoms with Gasteiger partial charge in [-0.25, -0.2) is 9.37 Å². The third kappa shape index (κ3) is 3.03. The molecule has 0 bridgehead atoms. The van der Waals surface area contributed by atoms with Gasteiger partial charge >= 0.3 is 0 Å². The SMILES string of the molecule is CCCc1cc2ccccc2nc1-c1cc(-c2ccc(F)cc2)no1. The second kappa shape index (κ2) is 6.48. The highest BCUT2D eigenvalue weighted by Crippen LogP contribution is 2.30. The Kier molecular flexibility index (Phi) is 4.02. The molecule has 4 rings (SSSR count). The van der Waals surface area contributed by atoms with Crippen molar-refractivity contribution in [1.29, 1.82) is 0 Å². The number of halogens is 1. The Bertz CT molecular complexity index is 1020. The van der Waals surface area contributed by atoms with E-state index < -0.39 is 0 Å². The van der Waals surface area contributed by atoms with Crippen LogP contribution in [0.5, 0.6) is 0 Å². The van der Waals surface area contributed by atoms with Gasteiger partial charge in [-0.15, -0.1) is 0 Å². The number of hydrogen-bond acceptors (Lipinski definition) is 3. The second-order valence-electron chi connectivity index (χ2n) is 6.02. The van der Waals surface area contributed by atoms with E-state index in [1.165, 1.54) is 12.1 Å². The van der Waals surface area contributed by atoms with Crippen molar-refractivity contribution < 1.29 is 8.91 Å². The summed E-state index contributed by atoms with van der Waals surface area (Å²) in [6.45, 7) is 2.14. The fourth-order valence-electron chi connectivity index (χ4n) is 2.98. The first-order valence-electron chi connectivity index (χ1n) is 8.36. The summed E-state index contributed by atoms with van der Waals surface area (Å²) in [6, 6.07) is 18.3. The molecule has 0 aliphatic carbocycles. The third-order valence-electron chi connectivity index (χ3n) is 4.21. The van der Waals surface area contributed by atoms with Crippen molar-refractivity contribution in [3.05, 3.63) is 72.0 Å². The first-order valence-corrected chi connectivity index (χ1v) is 8.36. The van der Waals surface area contributed by atoms with Gasteiger partial charge in [0.05, 0.1) is 5.52 Å². The van der Waals surface area contributed by atoms with Crippen LogP contribution in [0.2, 0.25) is 0 Å². The molecule has 0 atom stereocenters. The quantitative estimate of drug-likeness (QED) is 0.485. The van der Waals surface area contributed by atoms with E-state index in [2.05, 4.69) is 24.2 Å². The van der Waals surface area contributed by atoms with Gasteiger partial charge in [0.15, 0.2) is 5.76 Å². The number of benzene rings is 2. The van der Waals surface area contributed by atoms with Crippen molar-refractivity contribution >= 4 is 10.9 Å². The number of aromatic nitrogens is 2.